The molecule has 0 radical (unpaired) electrons. The van der Waals surface area contributed by atoms with E-state index in [0.29, 0.717) is 16.5 Å². The van der Waals surface area contributed by atoms with Gasteiger partial charge in [-0.3, -0.25) is 19.5 Å². The van der Waals surface area contributed by atoms with Crippen LogP contribution in [0.25, 0.3) is 0 Å². The van der Waals surface area contributed by atoms with Crippen molar-refractivity contribution < 1.29 is 9.59 Å². The third kappa shape index (κ3) is 3.16. The van der Waals surface area contributed by atoms with Gasteiger partial charge < -0.3 is 0 Å². The number of benzene rings is 1. The van der Waals surface area contributed by atoms with Crippen molar-refractivity contribution in [1.29, 1.82) is 0 Å². The van der Waals surface area contributed by atoms with E-state index in [1.54, 1.807) is 23.2 Å². The van der Waals surface area contributed by atoms with Crippen LogP contribution < -0.4 is 10.3 Å². The molecular weight excluding hydrogens is 324 g/mol. The number of nitrogens with zero attached hydrogens (tertiary/aromatic N) is 3. The number of anilines is 1. The van der Waals surface area contributed by atoms with Gasteiger partial charge in [0.2, 0.25) is 5.91 Å². The molecule has 6 nitrogen and oxygen atoms in total. The molecule has 1 aromatic heterocycles. The number of thioether (sulfide) groups is 1. The Morgan fingerprint density at radius 1 is 1.29 bits per heavy atom. The minimum absolute atomic E-state index is 0.0527. The van der Waals surface area contributed by atoms with Gasteiger partial charge in [-0.2, -0.15) is 0 Å². The lowest BCUT2D eigenvalue weighted by atomic mass is 10.1. The van der Waals surface area contributed by atoms with E-state index in [-0.39, 0.29) is 11.8 Å². The van der Waals surface area contributed by atoms with Gasteiger partial charge in [0.25, 0.3) is 5.91 Å². The van der Waals surface area contributed by atoms with Crippen LogP contribution in [0.5, 0.6) is 0 Å². The maximum Gasteiger partial charge on any atom is 0.273 e. The first-order valence-corrected chi connectivity index (χ1v) is 8.36. The third-order valence-electron chi connectivity index (χ3n) is 3.76. The summed E-state index contributed by atoms with van der Waals surface area (Å²) in [5, 5.41) is 4.60. The van der Waals surface area contributed by atoms with Crippen molar-refractivity contribution >= 4 is 34.4 Å². The number of nitrogens with one attached hydrogen (secondary N) is 1. The Hall–Kier alpha value is -2.67. The lowest BCUT2D eigenvalue weighted by Gasteiger charge is -2.19. The van der Waals surface area contributed by atoms with Crippen LogP contribution in [0.2, 0.25) is 0 Å². The van der Waals surface area contributed by atoms with E-state index in [1.165, 1.54) is 18.0 Å². The third-order valence-corrected chi connectivity index (χ3v) is 4.68. The molecule has 2 aromatic rings. The molecule has 24 heavy (non-hydrogen) atoms. The van der Waals surface area contributed by atoms with Gasteiger partial charge in [0, 0.05) is 12.4 Å². The maximum absolute atomic E-state index is 12.3. The van der Waals surface area contributed by atoms with Gasteiger partial charge in [-0.15, -0.1) is 5.10 Å². The van der Waals surface area contributed by atoms with Crippen molar-refractivity contribution in [3.8, 4) is 0 Å². The predicted molar refractivity (Wildman–Crippen MR) is 95.0 cm³/mol. The fraction of sp³-hybridized carbons (Fsp3) is 0.176. The monoisotopic (exact) mass is 340 g/mol. The molecule has 0 saturated carbocycles. The Morgan fingerprint density at radius 2 is 2.12 bits per heavy atom. The molecule has 122 valence electrons. The highest BCUT2D eigenvalue weighted by atomic mass is 32.2. The lowest BCUT2D eigenvalue weighted by molar-refractivity contribution is -0.115. The van der Waals surface area contributed by atoms with Gasteiger partial charge in [0.15, 0.2) is 5.17 Å². The number of hydrogen-bond acceptors (Lipinski definition) is 5. The molecule has 1 aromatic carbocycles. The van der Waals surface area contributed by atoms with Crippen molar-refractivity contribution in [3.63, 3.8) is 0 Å². The number of aromatic nitrogens is 1. The molecule has 2 amide bonds. The van der Waals surface area contributed by atoms with E-state index in [2.05, 4.69) is 15.5 Å². The second-order valence-corrected chi connectivity index (χ2v) is 6.26. The van der Waals surface area contributed by atoms with E-state index in [1.807, 2.05) is 32.0 Å². The molecule has 1 aliphatic rings. The molecule has 1 aliphatic heterocycles. The number of hydrazone groups is 1. The van der Waals surface area contributed by atoms with Crippen LogP contribution in [0.15, 0.2) is 47.8 Å². The summed E-state index contributed by atoms with van der Waals surface area (Å²) in [5.74, 6) is -0.117. The molecule has 0 aliphatic carbocycles. The quantitative estimate of drug-likeness (QED) is 0.871. The number of amides is 2. The first-order valence-electron chi connectivity index (χ1n) is 7.38. The lowest BCUT2D eigenvalue weighted by Crippen LogP contribution is -2.32. The highest BCUT2D eigenvalue weighted by molar-refractivity contribution is 8.15. The average molecular weight is 340 g/mol. The highest BCUT2D eigenvalue weighted by Crippen LogP contribution is 2.30. The number of hydrogen-bond donors (Lipinski definition) is 1. The van der Waals surface area contributed by atoms with Crippen LogP contribution in [-0.4, -0.2) is 27.7 Å². The van der Waals surface area contributed by atoms with Gasteiger partial charge in [-0.25, -0.2) is 5.43 Å². The Bertz CT molecular complexity index is 821. The smallest absolute Gasteiger partial charge is 0.273 e. The van der Waals surface area contributed by atoms with E-state index in [4.69, 9.17) is 0 Å². The summed E-state index contributed by atoms with van der Waals surface area (Å²) in [6, 6.07) is 9.11. The Kier molecular flexibility index (Phi) is 4.61. The van der Waals surface area contributed by atoms with Crippen molar-refractivity contribution in [2.75, 3.05) is 10.7 Å². The van der Waals surface area contributed by atoms with Crippen LogP contribution >= 0.6 is 11.8 Å². The minimum Gasteiger partial charge on any atom is -0.273 e. The van der Waals surface area contributed by atoms with Crippen LogP contribution in [0.1, 0.15) is 21.5 Å². The van der Waals surface area contributed by atoms with Crippen LogP contribution in [0.4, 0.5) is 5.69 Å². The number of rotatable bonds is 3. The molecule has 0 unspecified atom stereocenters. The molecule has 1 saturated heterocycles. The van der Waals surface area contributed by atoms with E-state index in [0.717, 1.165) is 16.8 Å². The van der Waals surface area contributed by atoms with Gasteiger partial charge in [0.05, 0.1) is 17.0 Å². The van der Waals surface area contributed by atoms with E-state index < -0.39 is 0 Å². The zero-order chi connectivity index (χ0) is 17.1. The van der Waals surface area contributed by atoms with Crippen molar-refractivity contribution in [1.82, 2.24) is 10.4 Å². The molecular formula is C17H16N4O2S. The average Bonchev–Trinajstić information content (AvgIpc) is 2.96. The SMILES string of the molecule is Cc1cccc(N2C(=O)CSC2=NNC(=O)c2cccnc2)c1C. The number of carbonyl (C=O) groups excluding carboxylic acids is 2. The predicted octanol–water partition coefficient (Wildman–Crippen LogP) is 2.48. The molecule has 0 bridgehead atoms. The van der Waals surface area contributed by atoms with Gasteiger partial charge >= 0.3 is 0 Å². The minimum atomic E-state index is -0.364. The number of aryl methyl sites for hydroxylation is 1. The normalized spacial score (nSPS) is 15.8. The van der Waals surface area contributed by atoms with Gasteiger partial charge in [-0.05, 0) is 43.2 Å². The van der Waals surface area contributed by atoms with Crippen LogP contribution in [0, 0.1) is 13.8 Å². The summed E-state index contributed by atoms with van der Waals surface area (Å²) >= 11 is 1.30. The Morgan fingerprint density at radius 3 is 2.88 bits per heavy atom. The molecule has 0 atom stereocenters. The zero-order valence-corrected chi connectivity index (χ0v) is 14.1. The highest BCUT2D eigenvalue weighted by Gasteiger charge is 2.31. The van der Waals surface area contributed by atoms with Gasteiger partial charge in [0.1, 0.15) is 0 Å². The van der Waals surface area contributed by atoms with Crippen molar-refractivity contribution in [2.24, 2.45) is 5.10 Å². The second kappa shape index (κ2) is 6.84. The summed E-state index contributed by atoms with van der Waals surface area (Å²) in [6.07, 6.45) is 3.06. The fourth-order valence-corrected chi connectivity index (χ4v) is 3.14. The number of pyridine rings is 1. The van der Waals surface area contributed by atoms with Crippen molar-refractivity contribution in [3.05, 3.63) is 59.4 Å². The molecule has 3 rings (SSSR count). The fourth-order valence-electron chi connectivity index (χ4n) is 2.32. The van der Waals surface area contributed by atoms with Crippen LogP contribution in [0.3, 0.4) is 0 Å². The molecule has 1 N–H and O–H groups in total. The van der Waals surface area contributed by atoms with E-state index >= 15 is 0 Å². The summed E-state index contributed by atoms with van der Waals surface area (Å²) in [5.41, 5.74) is 5.80. The second-order valence-electron chi connectivity index (χ2n) is 5.31. The Labute approximate surface area is 144 Å². The van der Waals surface area contributed by atoms with Crippen LogP contribution in [-0.2, 0) is 4.79 Å². The summed E-state index contributed by atoms with van der Waals surface area (Å²) in [4.78, 5) is 29.8. The molecule has 2 heterocycles. The molecule has 7 heteroatoms. The first-order chi connectivity index (χ1) is 11.6. The standard InChI is InChI=1S/C17H16N4O2S/c1-11-5-3-7-14(12(11)2)21-15(22)10-24-17(21)20-19-16(23)13-6-4-8-18-9-13/h3-9H,10H2,1-2H3,(H,19,23). The molecule has 0 spiro atoms. The van der Waals surface area contributed by atoms with Crippen molar-refractivity contribution in [2.45, 2.75) is 13.8 Å². The Balaban J connectivity index is 1.85. The number of amidine groups is 1. The molecule has 1 fully saturated rings. The summed E-state index contributed by atoms with van der Waals surface area (Å²) < 4.78 is 0. The topological polar surface area (TPSA) is 74.7 Å². The van der Waals surface area contributed by atoms with Gasteiger partial charge in [-0.1, -0.05) is 23.9 Å². The number of carbonyl (C=O) groups is 2. The largest absolute Gasteiger partial charge is 0.273 e. The van der Waals surface area contributed by atoms with E-state index in [9.17, 15) is 9.59 Å². The maximum atomic E-state index is 12.3. The summed E-state index contributed by atoms with van der Waals surface area (Å²) in [6.45, 7) is 3.96. The zero-order valence-electron chi connectivity index (χ0n) is 13.3. The first kappa shape index (κ1) is 16.2. The summed E-state index contributed by atoms with van der Waals surface area (Å²) in [7, 11) is 0.